The zero-order valence-corrected chi connectivity index (χ0v) is 19.5. The molecule has 1 saturated heterocycles. The van der Waals surface area contributed by atoms with Gasteiger partial charge in [0.15, 0.2) is 0 Å². The predicted molar refractivity (Wildman–Crippen MR) is 133 cm³/mol. The maximum atomic E-state index is 4.66. The van der Waals surface area contributed by atoms with Crippen LogP contribution in [-0.2, 0) is 19.4 Å². The van der Waals surface area contributed by atoms with Crippen molar-refractivity contribution in [1.29, 1.82) is 0 Å². The lowest BCUT2D eigenvalue weighted by Crippen LogP contribution is -2.33. The Hall–Kier alpha value is -2.52. The van der Waals surface area contributed by atoms with E-state index in [1.807, 2.05) is 0 Å². The summed E-state index contributed by atoms with van der Waals surface area (Å²) in [4.78, 5) is 2.61. The minimum Gasteiger partial charge on any atom is -0.299 e. The molecule has 2 aromatic carbocycles. The molecule has 3 heteroatoms. The van der Waals surface area contributed by atoms with Crippen LogP contribution in [0.3, 0.4) is 0 Å². The molecule has 168 valence electrons. The van der Waals surface area contributed by atoms with E-state index in [2.05, 4.69) is 88.8 Å². The first-order chi connectivity index (χ1) is 15.8. The summed E-state index contributed by atoms with van der Waals surface area (Å²) >= 11 is 0. The third-order valence-electron chi connectivity index (χ3n) is 6.77. The summed E-state index contributed by atoms with van der Waals surface area (Å²) in [5.41, 5.74) is 6.20. The molecule has 32 heavy (non-hydrogen) atoms. The second kappa shape index (κ2) is 11.9. The van der Waals surface area contributed by atoms with Gasteiger partial charge in [-0.3, -0.25) is 4.90 Å². The molecule has 0 atom stereocenters. The molecule has 0 amide bonds. The van der Waals surface area contributed by atoms with Gasteiger partial charge >= 0.3 is 0 Å². The standard InChI is InChI=1S/C29H37N3/c1-2-3-14-27-22-28(30-31-29(27)26-15-8-5-9-16-26)17-10-13-24-18-20-32(21-19-24)23-25-11-6-4-7-12-25/h4-9,11-12,15-16,22,24H,2-3,10,13-14,17-21,23H2,1H3. The van der Waals surface area contributed by atoms with Gasteiger partial charge in [-0.1, -0.05) is 74.0 Å². The molecule has 0 saturated carbocycles. The molecule has 0 bridgehead atoms. The van der Waals surface area contributed by atoms with E-state index >= 15 is 0 Å². The lowest BCUT2D eigenvalue weighted by Gasteiger charge is -2.32. The van der Waals surface area contributed by atoms with Crippen molar-refractivity contribution >= 4 is 0 Å². The molecule has 1 aliphatic rings. The number of rotatable bonds is 10. The van der Waals surface area contributed by atoms with Crippen LogP contribution < -0.4 is 0 Å². The van der Waals surface area contributed by atoms with E-state index in [-0.39, 0.29) is 0 Å². The van der Waals surface area contributed by atoms with Gasteiger partial charge in [-0.25, -0.2) is 0 Å². The molecular weight excluding hydrogens is 390 g/mol. The van der Waals surface area contributed by atoms with Crippen molar-refractivity contribution < 1.29 is 0 Å². The summed E-state index contributed by atoms with van der Waals surface area (Å²) in [5, 5.41) is 9.27. The third-order valence-corrected chi connectivity index (χ3v) is 6.77. The second-order valence-electron chi connectivity index (χ2n) is 9.28. The van der Waals surface area contributed by atoms with Crippen LogP contribution in [0.4, 0.5) is 0 Å². The van der Waals surface area contributed by atoms with Gasteiger partial charge in [0.2, 0.25) is 0 Å². The van der Waals surface area contributed by atoms with Gasteiger partial charge in [-0.2, -0.15) is 5.10 Å². The number of hydrogen-bond acceptors (Lipinski definition) is 3. The second-order valence-corrected chi connectivity index (χ2v) is 9.28. The quantitative estimate of drug-likeness (QED) is 0.359. The molecule has 3 aromatic rings. The van der Waals surface area contributed by atoms with Crippen molar-refractivity contribution in [3.63, 3.8) is 0 Å². The smallest absolute Gasteiger partial charge is 0.0961 e. The molecular formula is C29H37N3. The first-order valence-corrected chi connectivity index (χ1v) is 12.5. The van der Waals surface area contributed by atoms with E-state index in [1.165, 1.54) is 68.3 Å². The molecule has 4 rings (SSSR count). The number of nitrogens with zero attached hydrogens (tertiary/aromatic N) is 3. The maximum absolute atomic E-state index is 4.66. The van der Waals surface area contributed by atoms with Gasteiger partial charge in [0.25, 0.3) is 0 Å². The summed E-state index contributed by atoms with van der Waals surface area (Å²) < 4.78 is 0. The summed E-state index contributed by atoms with van der Waals surface area (Å²) in [6.07, 6.45) is 9.72. The monoisotopic (exact) mass is 427 g/mol. The fourth-order valence-electron chi connectivity index (χ4n) is 4.84. The molecule has 0 unspecified atom stereocenters. The van der Waals surface area contributed by atoms with Gasteiger partial charge in [-0.05, 0) is 81.1 Å². The van der Waals surface area contributed by atoms with Crippen LogP contribution in [0.25, 0.3) is 11.3 Å². The van der Waals surface area contributed by atoms with E-state index < -0.39 is 0 Å². The highest BCUT2D eigenvalue weighted by molar-refractivity contribution is 5.62. The van der Waals surface area contributed by atoms with Crippen LogP contribution in [-0.4, -0.2) is 28.2 Å². The summed E-state index contributed by atoms with van der Waals surface area (Å²) in [7, 11) is 0. The zero-order valence-electron chi connectivity index (χ0n) is 19.5. The van der Waals surface area contributed by atoms with Crippen molar-refractivity contribution in [1.82, 2.24) is 15.1 Å². The maximum Gasteiger partial charge on any atom is 0.0961 e. The number of hydrogen-bond donors (Lipinski definition) is 0. The highest BCUT2D eigenvalue weighted by Gasteiger charge is 2.19. The van der Waals surface area contributed by atoms with Gasteiger partial charge in [0.1, 0.15) is 0 Å². The van der Waals surface area contributed by atoms with Crippen LogP contribution in [0.15, 0.2) is 66.7 Å². The van der Waals surface area contributed by atoms with Crippen LogP contribution >= 0.6 is 0 Å². The molecule has 0 spiro atoms. The van der Waals surface area contributed by atoms with E-state index in [9.17, 15) is 0 Å². The predicted octanol–water partition coefficient (Wildman–Crippen LogP) is 6.72. The molecule has 0 N–H and O–H groups in total. The van der Waals surface area contributed by atoms with Gasteiger partial charge in [-0.15, -0.1) is 5.10 Å². The topological polar surface area (TPSA) is 29.0 Å². The molecule has 1 aromatic heterocycles. The van der Waals surface area contributed by atoms with Gasteiger partial charge in [0, 0.05) is 12.1 Å². The highest BCUT2D eigenvalue weighted by Crippen LogP contribution is 2.26. The Morgan fingerprint density at radius 1 is 0.844 bits per heavy atom. The van der Waals surface area contributed by atoms with Crippen LogP contribution in [0.5, 0.6) is 0 Å². The molecule has 2 heterocycles. The minimum absolute atomic E-state index is 0.859. The zero-order chi connectivity index (χ0) is 22.0. The van der Waals surface area contributed by atoms with Crippen LogP contribution in [0.2, 0.25) is 0 Å². The molecule has 1 aliphatic heterocycles. The number of piperidine rings is 1. The molecule has 3 nitrogen and oxygen atoms in total. The summed E-state index contributed by atoms with van der Waals surface area (Å²) in [6, 6.07) is 23.7. The number of unbranched alkanes of at least 4 members (excludes halogenated alkanes) is 1. The first-order valence-electron chi connectivity index (χ1n) is 12.5. The third kappa shape index (κ3) is 6.49. The molecule has 0 aliphatic carbocycles. The van der Waals surface area contributed by atoms with E-state index in [4.69, 9.17) is 0 Å². The number of likely N-dealkylation sites (tertiary alicyclic amines) is 1. The first kappa shape index (κ1) is 22.7. The fourth-order valence-corrected chi connectivity index (χ4v) is 4.84. The number of aryl methyl sites for hydroxylation is 2. The normalized spacial score (nSPS) is 15.2. The average Bonchev–Trinajstić information content (AvgIpc) is 2.85. The lowest BCUT2D eigenvalue weighted by atomic mass is 9.91. The van der Waals surface area contributed by atoms with Crippen molar-refractivity contribution in [2.24, 2.45) is 5.92 Å². The summed E-state index contributed by atoms with van der Waals surface area (Å²) in [5.74, 6) is 0.859. The van der Waals surface area contributed by atoms with E-state index in [0.29, 0.717) is 0 Å². The van der Waals surface area contributed by atoms with Crippen LogP contribution in [0, 0.1) is 5.92 Å². The van der Waals surface area contributed by atoms with Crippen molar-refractivity contribution in [2.75, 3.05) is 13.1 Å². The SMILES string of the molecule is CCCCc1cc(CCCC2CCN(Cc3ccccc3)CC2)nnc1-c1ccccc1. The number of aromatic nitrogens is 2. The van der Waals surface area contributed by atoms with E-state index in [0.717, 1.165) is 36.7 Å². The minimum atomic E-state index is 0.859. The lowest BCUT2D eigenvalue weighted by molar-refractivity contribution is 0.171. The largest absolute Gasteiger partial charge is 0.299 e. The van der Waals surface area contributed by atoms with E-state index in [1.54, 1.807) is 0 Å². The van der Waals surface area contributed by atoms with Crippen molar-refractivity contribution in [3.05, 3.63) is 83.6 Å². The Morgan fingerprint density at radius 3 is 2.28 bits per heavy atom. The Kier molecular flexibility index (Phi) is 8.44. The Bertz CT molecular complexity index is 931. The highest BCUT2D eigenvalue weighted by atomic mass is 15.1. The summed E-state index contributed by atoms with van der Waals surface area (Å²) in [6.45, 7) is 5.80. The van der Waals surface area contributed by atoms with Gasteiger partial charge in [0.05, 0.1) is 11.4 Å². The van der Waals surface area contributed by atoms with Crippen molar-refractivity contribution in [3.8, 4) is 11.3 Å². The average molecular weight is 428 g/mol. The Balaban J connectivity index is 1.27. The fraction of sp³-hybridized carbons (Fsp3) is 0.448. The van der Waals surface area contributed by atoms with Gasteiger partial charge < -0.3 is 0 Å². The Morgan fingerprint density at radius 2 is 1.56 bits per heavy atom. The number of benzene rings is 2. The van der Waals surface area contributed by atoms with Crippen molar-refractivity contribution in [2.45, 2.75) is 64.8 Å². The van der Waals surface area contributed by atoms with Crippen LogP contribution in [0.1, 0.15) is 62.3 Å². The molecule has 0 radical (unpaired) electrons. The Labute approximate surface area is 193 Å². The molecule has 1 fully saturated rings.